The van der Waals surface area contributed by atoms with E-state index in [1.807, 2.05) is 6.92 Å². The molecule has 0 aromatic heterocycles. The lowest BCUT2D eigenvalue weighted by Crippen LogP contribution is -2.39. The quantitative estimate of drug-likeness (QED) is 0.432. The van der Waals surface area contributed by atoms with Gasteiger partial charge in [-0.05, 0) is 13.3 Å². The Morgan fingerprint density at radius 3 is 2.67 bits per heavy atom. The van der Waals surface area contributed by atoms with Crippen molar-refractivity contribution in [3.63, 3.8) is 0 Å². The first-order valence-electron chi connectivity index (χ1n) is 3.20. The van der Waals surface area contributed by atoms with Gasteiger partial charge in [-0.15, -0.1) is 0 Å². The van der Waals surface area contributed by atoms with E-state index in [4.69, 9.17) is 10.2 Å². The van der Waals surface area contributed by atoms with Gasteiger partial charge in [0.1, 0.15) is 0 Å². The first-order valence-corrected chi connectivity index (χ1v) is 3.20. The molecular formula is C6H13NO2. The fourth-order valence-corrected chi connectivity index (χ4v) is 1.15. The molecule has 0 amide bonds. The Hall–Kier alpha value is -0.120. The van der Waals surface area contributed by atoms with Crippen LogP contribution in [0.3, 0.4) is 0 Å². The van der Waals surface area contributed by atoms with Gasteiger partial charge in [0.2, 0.25) is 0 Å². The van der Waals surface area contributed by atoms with E-state index < -0.39 is 0 Å². The molecule has 1 rings (SSSR count). The molecule has 1 aliphatic heterocycles. The van der Waals surface area contributed by atoms with E-state index in [-0.39, 0.29) is 18.2 Å². The molecule has 1 heterocycles. The van der Waals surface area contributed by atoms with Gasteiger partial charge >= 0.3 is 0 Å². The Balaban J connectivity index is 2.45. The minimum atomic E-state index is -0.276. The standard InChI is InChI=1S/C6H13NO2/c1-6(4-8)2-5(9)3-7-6/h5,7-9H,2-4H2,1H3/t5-,6+/m1/s1. The number of β-amino-alcohol motifs (C(OH)–C–C–N with tert-alkyl or cyclic N) is 1. The third-order valence-electron chi connectivity index (χ3n) is 1.80. The maximum atomic E-state index is 9.02. The van der Waals surface area contributed by atoms with Gasteiger partial charge in [-0.2, -0.15) is 0 Å². The van der Waals surface area contributed by atoms with Gasteiger partial charge < -0.3 is 15.5 Å². The lowest BCUT2D eigenvalue weighted by molar-refractivity contribution is 0.156. The van der Waals surface area contributed by atoms with Crippen LogP contribution in [0.1, 0.15) is 13.3 Å². The highest BCUT2D eigenvalue weighted by atomic mass is 16.3. The summed E-state index contributed by atoms with van der Waals surface area (Å²) in [7, 11) is 0. The summed E-state index contributed by atoms with van der Waals surface area (Å²) in [5, 5.41) is 20.8. The van der Waals surface area contributed by atoms with Crippen molar-refractivity contribution < 1.29 is 10.2 Å². The summed E-state index contributed by atoms with van der Waals surface area (Å²) in [6, 6.07) is 0. The molecule has 1 saturated heterocycles. The fourth-order valence-electron chi connectivity index (χ4n) is 1.15. The predicted octanol–water partition coefficient (Wildman–Crippen LogP) is -0.908. The molecule has 0 spiro atoms. The Labute approximate surface area is 54.7 Å². The van der Waals surface area contributed by atoms with E-state index in [0.29, 0.717) is 13.0 Å². The number of aliphatic hydroxyl groups is 2. The molecule has 0 saturated carbocycles. The lowest BCUT2D eigenvalue weighted by atomic mass is 10.0. The SMILES string of the molecule is C[C@@]1(CO)C[C@@H](O)CN1. The summed E-state index contributed by atoms with van der Waals surface area (Å²) in [5.74, 6) is 0. The summed E-state index contributed by atoms with van der Waals surface area (Å²) < 4.78 is 0. The van der Waals surface area contributed by atoms with Crippen molar-refractivity contribution in [2.45, 2.75) is 25.0 Å². The van der Waals surface area contributed by atoms with Gasteiger partial charge in [0.05, 0.1) is 12.7 Å². The molecule has 3 N–H and O–H groups in total. The van der Waals surface area contributed by atoms with Gasteiger partial charge in [-0.1, -0.05) is 0 Å². The van der Waals surface area contributed by atoms with Crippen molar-refractivity contribution in [3.8, 4) is 0 Å². The fraction of sp³-hybridized carbons (Fsp3) is 1.00. The molecule has 3 heteroatoms. The molecule has 0 aromatic rings. The van der Waals surface area contributed by atoms with Crippen LogP contribution in [0.5, 0.6) is 0 Å². The van der Waals surface area contributed by atoms with E-state index >= 15 is 0 Å². The van der Waals surface area contributed by atoms with E-state index in [1.165, 1.54) is 0 Å². The number of hydrogen-bond donors (Lipinski definition) is 3. The summed E-state index contributed by atoms with van der Waals surface area (Å²) in [4.78, 5) is 0. The molecule has 0 aromatic carbocycles. The molecule has 9 heavy (non-hydrogen) atoms. The van der Waals surface area contributed by atoms with Crippen molar-refractivity contribution in [1.82, 2.24) is 5.32 Å². The van der Waals surface area contributed by atoms with E-state index in [1.54, 1.807) is 0 Å². The van der Waals surface area contributed by atoms with Crippen molar-refractivity contribution in [2.24, 2.45) is 0 Å². The molecule has 0 aliphatic carbocycles. The van der Waals surface area contributed by atoms with Crippen molar-refractivity contribution in [3.05, 3.63) is 0 Å². The zero-order valence-electron chi connectivity index (χ0n) is 5.59. The van der Waals surface area contributed by atoms with Crippen LogP contribution in [-0.2, 0) is 0 Å². The summed E-state index contributed by atoms with van der Waals surface area (Å²) in [6.07, 6.45) is 0.380. The zero-order chi connectivity index (χ0) is 6.91. The maximum absolute atomic E-state index is 9.02. The van der Waals surface area contributed by atoms with E-state index in [0.717, 1.165) is 0 Å². The molecule has 1 aliphatic rings. The van der Waals surface area contributed by atoms with E-state index in [9.17, 15) is 0 Å². The van der Waals surface area contributed by atoms with Crippen LogP contribution in [0.15, 0.2) is 0 Å². The second-order valence-corrected chi connectivity index (χ2v) is 2.96. The molecule has 54 valence electrons. The largest absolute Gasteiger partial charge is 0.394 e. The van der Waals surface area contributed by atoms with Crippen LogP contribution >= 0.6 is 0 Å². The van der Waals surface area contributed by atoms with Crippen molar-refractivity contribution >= 4 is 0 Å². The summed E-state index contributed by atoms with van der Waals surface area (Å²) in [6.45, 7) is 2.62. The Kier molecular flexibility index (Phi) is 1.75. The minimum absolute atomic E-state index is 0.101. The van der Waals surface area contributed by atoms with Crippen LogP contribution in [0.4, 0.5) is 0 Å². The average Bonchev–Trinajstić information content (AvgIpc) is 2.13. The lowest BCUT2D eigenvalue weighted by Gasteiger charge is -2.19. The van der Waals surface area contributed by atoms with Gasteiger partial charge in [0, 0.05) is 12.1 Å². The molecule has 0 bridgehead atoms. The minimum Gasteiger partial charge on any atom is -0.394 e. The Morgan fingerprint density at radius 2 is 2.44 bits per heavy atom. The van der Waals surface area contributed by atoms with Gasteiger partial charge in [0.25, 0.3) is 0 Å². The van der Waals surface area contributed by atoms with E-state index in [2.05, 4.69) is 5.32 Å². The Morgan fingerprint density at radius 1 is 1.78 bits per heavy atom. The topological polar surface area (TPSA) is 52.5 Å². The normalized spacial score (nSPS) is 43.7. The van der Waals surface area contributed by atoms with Crippen LogP contribution in [0, 0.1) is 0 Å². The van der Waals surface area contributed by atoms with Crippen molar-refractivity contribution in [1.29, 1.82) is 0 Å². The van der Waals surface area contributed by atoms with Crippen LogP contribution < -0.4 is 5.32 Å². The summed E-state index contributed by atoms with van der Waals surface area (Å²) >= 11 is 0. The number of aliphatic hydroxyl groups excluding tert-OH is 2. The van der Waals surface area contributed by atoms with Gasteiger partial charge in [-0.25, -0.2) is 0 Å². The molecule has 1 fully saturated rings. The second-order valence-electron chi connectivity index (χ2n) is 2.96. The first kappa shape index (κ1) is 6.99. The zero-order valence-corrected chi connectivity index (χ0v) is 5.59. The highest BCUT2D eigenvalue weighted by molar-refractivity contribution is 4.92. The molecule has 2 atom stereocenters. The second kappa shape index (κ2) is 2.25. The molecule has 3 nitrogen and oxygen atoms in total. The van der Waals surface area contributed by atoms with Gasteiger partial charge in [-0.3, -0.25) is 0 Å². The third-order valence-corrected chi connectivity index (χ3v) is 1.80. The molecule has 0 unspecified atom stereocenters. The molecular weight excluding hydrogens is 118 g/mol. The van der Waals surface area contributed by atoms with Crippen LogP contribution in [0.25, 0.3) is 0 Å². The van der Waals surface area contributed by atoms with Crippen LogP contribution in [0.2, 0.25) is 0 Å². The first-order chi connectivity index (χ1) is 4.16. The smallest absolute Gasteiger partial charge is 0.0683 e. The molecule has 0 radical (unpaired) electrons. The Bertz CT molecular complexity index is 107. The maximum Gasteiger partial charge on any atom is 0.0683 e. The number of hydrogen-bond acceptors (Lipinski definition) is 3. The predicted molar refractivity (Wildman–Crippen MR) is 34.1 cm³/mol. The summed E-state index contributed by atoms with van der Waals surface area (Å²) in [5.41, 5.74) is -0.237. The average molecular weight is 131 g/mol. The monoisotopic (exact) mass is 131 g/mol. The van der Waals surface area contributed by atoms with Crippen LogP contribution in [-0.4, -0.2) is 35.0 Å². The highest BCUT2D eigenvalue weighted by Crippen LogP contribution is 2.17. The third kappa shape index (κ3) is 1.41. The number of rotatable bonds is 1. The number of nitrogens with one attached hydrogen (secondary N) is 1. The van der Waals surface area contributed by atoms with Crippen molar-refractivity contribution in [2.75, 3.05) is 13.2 Å². The van der Waals surface area contributed by atoms with Gasteiger partial charge in [0.15, 0.2) is 0 Å². The highest BCUT2D eigenvalue weighted by Gasteiger charge is 2.32.